The summed E-state index contributed by atoms with van der Waals surface area (Å²) >= 11 is 0. The van der Waals surface area contributed by atoms with E-state index in [1.807, 2.05) is 54.6 Å². The molecule has 0 aliphatic heterocycles. The van der Waals surface area contributed by atoms with Crippen LogP contribution in [0.15, 0.2) is 60.8 Å². The van der Waals surface area contributed by atoms with E-state index in [0.29, 0.717) is 12.2 Å². The summed E-state index contributed by atoms with van der Waals surface area (Å²) in [7, 11) is 3.42. The average molecular weight is 360 g/mol. The molecule has 0 saturated carbocycles. The number of hydrogen-bond donors (Lipinski definition) is 2. The summed E-state index contributed by atoms with van der Waals surface area (Å²) in [5.74, 6) is 0.685. The molecule has 2 N–H and O–H groups in total. The Hall–Kier alpha value is -3.54. The quantitative estimate of drug-likeness (QED) is 0.568. The van der Waals surface area contributed by atoms with Crippen LogP contribution >= 0.6 is 0 Å². The summed E-state index contributed by atoms with van der Waals surface area (Å²) < 4.78 is 5.25. The highest BCUT2D eigenvalue weighted by atomic mass is 16.5. The van der Waals surface area contributed by atoms with E-state index in [4.69, 9.17) is 4.74 Å². The van der Waals surface area contributed by atoms with Crippen molar-refractivity contribution in [3.63, 3.8) is 0 Å². The highest BCUT2D eigenvalue weighted by molar-refractivity contribution is 5.98. The lowest BCUT2D eigenvalue weighted by Crippen LogP contribution is -2.26. The predicted molar refractivity (Wildman–Crippen MR) is 105 cm³/mol. The first-order chi connectivity index (χ1) is 13.2. The summed E-state index contributed by atoms with van der Waals surface area (Å²) in [4.78, 5) is 17.7. The number of aromatic nitrogens is 3. The molecule has 2 aromatic heterocycles. The van der Waals surface area contributed by atoms with Crippen LogP contribution in [0.25, 0.3) is 22.2 Å². The van der Waals surface area contributed by atoms with Gasteiger partial charge in [-0.3, -0.25) is 9.89 Å². The minimum atomic E-state index is -0.0784. The van der Waals surface area contributed by atoms with Crippen LogP contribution < -0.4 is 4.74 Å². The Bertz CT molecular complexity index is 1080. The predicted octanol–water partition coefficient (Wildman–Crippen LogP) is 3.84. The molecule has 0 fully saturated rings. The zero-order chi connectivity index (χ0) is 18.8. The molecule has 0 spiro atoms. The van der Waals surface area contributed by atoms with Crippen molar-refractivity contribution < 1.29 is 9.53 Å². The molecule has 0 atom stereocenters. The van der Waals surface area contributed by atoms with Gasteiger partial charge in [0.1, 0.15) is 11.4 Å². The number of nitrogens with one attached hydrogen (secondary N) is 2. The molecule has 0 aliphatic carbocycles. The van der Waals surface area contributed by atoms with Gasteiger partial charge in [-0.25, -0.2) is 0 Å². The minimum Gasteiger partial charge on any atom is -0.497 e. The number of carbonyl (C=O) groups is 1. The smallest absolute Gasteiger partial charge is 0.270 e. The van der Waals surface area contributed by atoms with Gasteiger partial charge in [0.25, 0.3) is 5.91 Å². The number of methoxy groups -OCH3 is 1. The lowest BCUT2D eigenvalue weighted by Gasteiger charge is -2.16. The Morgan fingerprint density at radius 2 is 1.96 bits per heavy atom. The van der Waals surface area contributed by atoms with Gasteiger partial charge in [-0.2, -0.15) is 5.10 Å². The number of amides is 1. The summed E-state index contributed by atoms with van der Waals surface area (Å²) in [6, 6.07) is 17.5. The fourth-order valence-corrected chi connectivity index (χ4v) is 3.17. The van der Waals surface area contributed by atoms with E-state index in [9.17, 15) is 4.79 Å². The van der Waals surface area contributed by atoms with Crippen molar-refractivity contribution in [2.24, 2.45) is 0 Å². The number of ether oxygens (including phenoxy) is 1. The molecule has 0 saturated heterocycles. The zero-order valence-corrected chi connectivity index (χ0v) is 15.2. The number of hydrogen-bond acceptors (Lipinski definition) is 3. The summed E-state index contributed by atoms with van der Waals surface area (Å²) in [5.41, 5.74) is 4.39. The van der Waals surface area contributed by atoms with E-state index >= 15 is 0 Å². The van der Waals surface area contributed by atoms with Gasteiger partial charge in [0.2, 0.25) is 0 Å². The molecule has 1 amide bonds. The number of rotatable bonds is 5. The Labute approximate surface area is 156 Å². The largest absolute Gasteiger partial charge is 0.497 e. The molecule has 0 bridgehead atoms. The first-order valence-electron chi connectivity index (χ1n) is 8.65. The molecule has 136 valence electrons. The van der Waals surface area contributed by atoms with Crippen molar-refractivity contribution in [3.8, 4) is 17.0 Å². The molecule has 0 unspecified atom stereocenters. The highest BCUT2D eigenvalue weighted by Gasteiger charge is 2.17. The van der Waals surface area contributed by atoms with Crippen molar-refractivity contribution >= 4 is 16.8 Å². The molecule has 6 nitrogen and oxygen atoms in total. The van der Waals surface area contributed by atoms with Crippen LogP contribution in [0.5, 0.6) is 5.75 Å². The standard InChI is InChI=1S/C21H20N4O2/c1-25(13-16-12-22-24-20(16)14-6-4-3-5-7-14)21(26)19-11-15-10-17(27-2)8-9-18(15)23-19/h3-12,23H,13H2,1-2H3,(H,22,24). The summed E-state index contributed by atoms with van der Waals surface area (Å²) in [6.45, 7) is 0.457. The Morgan fingerprint density at radius 3 is 2.74 bits per heavy atom. The maximum absolute atomic E-state index is 12.9. The van der Waals surface area contributed by atoms with Crippen molar-refractivity contribution in [1.82, 2.24) is 20.1 Å². The van der Waals surface area contributed by atoms with Gasteiger partial charge in [-0.05, 0) is 29.8 Å². The molecule has 2 aromatic carbocycles. The normalized spacial score (nSPS) is 10.9. The van der Waals surface area contributed by atoms with Crippen molar-refractivity contribution in [1.29, 1.82) is 0 Å². The number of fused-ring (bicyclic) bond motifs is 1. The van der Waals surface area contributed by atoms with Gasteiger partial charge in [0, 0.05) is 30.1 Å². The van der Waals surface area contributed by atoms with Gasteiger partial charge < -0.3 is 14.6 Å². The number of H-pyrrole nitrogens is 2. The molecular formula is C21H20N4O2. The zero-order valence-electron chi connectivity index (χ0n) is 15.2. The van der Waals surface area contributed by atoms with Gasteiger partial charge in [-0.1, -0.05) is 30.3 Å². The van der Waals surface area contributed by atoms with Crippen molar-refractivity contribution in [2.75, 3.05) is 14.2 Å². The molecule has 0 aliphatic rings. The average Bonchev–Trinajstić information content (AvgIpc) is 3.34. The summed E-state index contributed by atoms with van der Waals surface area (Å²) in [5, 5.41) is 8.13. The molecule has 2 heterocycles. The van der Waals surface area contributed by atoms with E-state index in [1.165, 1.54) is 0 Å². The molecule has 6 heteroatoms. The second-order valence-corrected chi connectivity index (χ2v) is 6.43. The van der Waals surface area contributed by atoms with E-state index in [2.05, 4.69) is 15.2 Å². The molecule has 4 aromatic rings. The van der Waals surface area contributed by atoms with Crippen LogP contribution in [0.4, 0.5) is 0 Å². The van der Waals surface area contributed by atoms with Crippen LogP contribution in [0.1, 0.15) is 16.1 Å². The Morgan fingerprint density at radius 1 is 1.15 bits per heavy atom. The van der Waals surface area contributed by atoms with Gasteiger partial charge in [0.05, 0.1) is 19.0 Å². The Balaban J connectivity index is 1.56. The van der Waals surface area contributed by atoms with Gasteiger partial charge in [-0.15, -0.1) is 0 Å². The third kappa shape index (κ3) is 3.29. The Kier molecular flexibility index (Phi) is 4.38. The molecule has 0 radical (unpaired) electrons. The molecular weight excluding hydrogens is 340 g/mol. The topological polar surface area (TPSA) is 74.0 Å². The third-order valence-electron chi connectivity index (χ3n) is 4.59. The lowest BCUT2D eigenvalue weighted by molar-refractivity contribution is 0.0780. The third-order valence-corrected chi connectivity index (χ3v) is 4.59. The number of aromatic amines is 2. The van der Waals surface area contributed by atoms with Gasteiger partial charge >= 0.3 is 0 Å². The monoisotopic (exact) mass is 360 g/mol. The second kappa shape index (κ2) is 6.99. The number of carbonyl (C=O) groups excluding carboxylic acids is 1. The van der Waals surface area contributed by atoms with E-state index in [0.717, 1.165) is 33.5 Å². The van der Waals surface area contributed by atoms with Crippen LogP contribution in [0, 0.1) is 0 Å². The van der Waals surface area contributed by atoms with Crippen molar-refractivity contribution in [3.05, 3.63) is 72.1 Å². The highest BCUT2D eigenvalue weighted by Crippen LogP contribution is 2.24. The number of benzene rings is 2. The first kappa shape index (κ1) is 16.9. The van der Waals surface area contributed by atoms with E-state index in [1.54, 1.807) is 25.3 Å². The van der Waals surface area contributed by atoms with Crippen molar-refractivity contribution in [2.45, 2.75) is 6.54 Å². The van der Waals surface area contributed by atoms with E-state index < -0.39 is 0 Å². The molecule has 4 rings (SSSR count). The van der Waals surface area contributed by atoms with Crippen LogP contribution in [-0.4, -0.2) is 40.1 Å². The molecule has 27 heavy (non-hydrogen) atoms. The van der Waals surface area contributed by atoms with Crippen LogP contribution in [-0.2, 0) is 6.54 Å². The lowest BCUT2D eigenvalue weighted by atomic mass is 10.1. The first-order valence-corrected chi connectivity index (χ1v) is 8.65. The maximum atomic E-state index is 12.9. The minimum absolute atomic E-state index is 0.0784. The second-order valence-electron chi connectivity index (χ2n) is 6.43. The SMILES string of the molecule is COc1ccc2[nH]c(C(=O)N(C)Cc3cn[nH]c3-c3ccccc3)cc2c1. The fourth-order valence-electron chi connectivity index (χ4n) is 3.17. The van der Waals surface area contributed by atoms with Crippen LogP contribution in [0.2, 0.25) is 0 Å². The fraction of sp³-hybridized carbons (Fsp3) is 0.143. The number of nitrogens with zero attached hydrogens (tertiary/aromatic N) is 2. The summed E-state index contributed by atoms with van der Waals surface area (Å²) in [6.07, 6.45) is 1.77. The van der Waals surface area contributed by atoms with Gasteiger partial charge in [0.15, 0.2) is 0 Å². The van der Waals surface area contributed by atoms with E-state index in [-0.39, 0.29) is 5.91 Å². The van der Waals surface area contributed by atoms with Crippen LogP contribution in [0.3, 0.4) is 0 Å². The maximum Gasteiger partial charge on any atom is 0.270 e.